The summed E-state index contributed by atoms with van der Waals surface area (Å²) in [5, 5.41) is 4.94. The Balaban J connectivity index is 2.64. The minimum absolute atomic E-state index is 0.136. The number of thiol groups is 1. The van der Waals surface area contributed by atoms with Crippen LogP contribution in [0.15, 0.2) is 10.9 Å². The van der Waals surface area contributed by atoms with E-state index in [0.717, 1.165) is 0 Å². The van der Waals surface area contributed by atoms with E-state index in [1.807, 2.05) is 0 Å². The largest absolute Gasteiger partial charge is 0.337 e. The van der Waals surface area contributed by atoms with Crippen LogP contribution < -0.4 is 16.2 Å². The standard InChI is InChI=1S/C8H12N4O2S/c1-5-4-6(13)11-7(10-5)12-8(14)9-2-3-15/h4,15H,2-3H2,1H3,(H3,9,10,11,12,13,14). The molecule has 0 spiro atoms. The van der Waals surface area contributed by atoms with Gasteiger partial charge in [-0.1, -0.05) is 0 Å². The molecule has 1 rings (SSSR count). The molecule has 1 aromatic rings. The summed E-state index contributed by atoms with van der Waals surface area (Å²) < 4.78 is 0. The molecule has 15 heavy (non-hydrogen) atoms. The van der Waals surface area contributed by atoms with E-state index in [1.165, 1.54) is 6.07 Å². The summed E-state index contributed by atoms with van der Waals surface area (Å²) in [5.74, 6) is 0.683. The zero-order valence-corrected chi connectivity index (χ0v) is 9.10. The number of carbonyl (C=O) groups is 1. The summed E-state index contributed by atoms with van der Waals surface area (Å²) in [5.41, 5.74) is 0.246. The second kappa shape index (κ2) is 5.40. The van der Waals surface area contributed by atoms with Crippen LogP contribution in [0.5, 0.6) is 0 Å². The second-order valence-electron chi connectivity index (χ2n) is 2.86. The van der Waals surface area contributed by atoms with Crippen molar-refractivity contribution in [3.05, 3.63) is 22.1 Å². The topological polar surface area (TPSA) is 86.9 Å². The van der Waals surface area contributed by atoms with Gasteiger partial charge in [-0.15, -0.1) is 0 Å². The van der Waals surface area contributed by atoms with E-state index < -0.39 is 11.6 Å². The van der Waals surface area contributed by atoms with Crippen molar-refractivity contribution in [3.8, 4) is 0 Å². The molecule has 82 valence electrons. The fraction of sp³-hybridized carbons (Fsp3) is 0.375. The van der Waals surface area contributed by atoms with Crippen LogP contribution in [0.2, 0.25) is 0 Å². The second-order valence-corrected chi connectivity index (χ2v) is 3.30. The molecule has 0 saturated carbocycles. The molecule has 0 aromatic carbocycles. The van der Waals surface area contributed by atoms with Gasteiger partial charge >= 0.3 is 6.03 Å². The predicted molar refractivity (Wildman–Crippen MR) is 60.5 cm³/mol. The predicted octanol–water partition coefficient (Wildman–Crippen LogP) is 0.130. The maximum atomic E-state index is 11.2. The Morgan fingerprint density at radius 3 is 3.00 bits per heavy atom. The average molecular weight is 228 g/mol. The van der Waals surface area contributed by atoms with E-state index in [9.17, 15) is 9.59 Å². The number of rotatable bonds is 3. The lowest BCUT2D eigenvalue weighted by atomic mass is 10.4. The fourth-order valence-corrected chi connectivity index (χ4v) is 1.07. The minimum Gasteiger partial charge on any atom is -0.337 e. The monoisotopic (exact) mass is 228 g/mol. The Hall–Kier alpha value is -1.50. The van der Waals surface area contributed by atoms with Crippen molar-refractivity contribution in [3.63, 3.8) is 0 Å². The first kappa shape index (κ1) is 11.6. The van der Waals surface area contributed by atoms with Gasteiger partial charge in [-0.05, 0) is 6.92 Å². The van der Waals surface area contributed by atoms with Crippen molar-refractivity contribution in [2.75, 3.05) is 17.6 Å². The van der Waals surface area contributed by atoms with Gasteiger partial charge in [-0.2, -0.15) is 17.6 Å². The SMILES string of the molecule is Cc1cc(=O)nc(NC(=O)NCCS)[nH]1. The lowest BCUT2D eigenvalue weighted by Gasteiger charge is -2.05. The van der Waals surface area contributed by atoms with Crippen LogP contribution in [0.3, 0.4) is 0 Å². The highest BCUT2D eigenvalue weighted by atomic mass is 32.1. The van der Waals surface area contributed by atoms with Gasteiger partial charge in [-0.25, -0.2) is 4.79 Å². The highest BCUT2D eigenvalue weighted by Gasteiger charge is 2.02. The zero-order chi connectivity index (χ0) is 11.3. The normalized spacial score (nSPS) is 9.73. The Kier molecular flexibility index (Phi) is 4.17. The zero-order valence-electron chi connectivity index (χ0n) is 8.20. The lowest BCUT2D eigenvalue weighted by molar-refractivity contribution is 0.252. The number of carbonyl (C=O) groups excluding carboxylic acids is 1. The van der Waals surface area contributed by atoms with Gasteiger partial charge in [0.1, 0.15) is 0 Å². The van der Waals surface area contributed by atoms with E-state index in [-0.39, 0.29) is 5.95 Å². The maximum Gasteiger partial charge on any atom is 0.321 e. The molecule has 0 aliphatic carbocycles. The highest BCUT2D eigenvalue weighted by Crippen LogP contribution is 1.94. The molecule has 1 aromatic heterocycles. The van der Waals surface area contributed by atoms with Crippen LogP contribution in [0, 0.1) is 6.92 Å². The van der Waals surface area contributed by atoms with E-state index in [0.29, 0.717) is 18.0 Å². The molecule has 6 nitrogen and oxygen atoms in total. The maximum absolute atomic E-state index is 11.2. The number of aromatic amines is 1. The number of urea groups is 1. The number of nitrogens with one attached hydrogen (secondary N) is 3. The first-order chi connectivity index (χ1) is 7.11. The van der Waals surface area contributed by atoms with Crippen molar-refractivity contribution >= 4 is 24.6 Å². The Labute approximate surface area is 91.9 Å². The first-order valence-electron chi connectivity index (χ1n) is 4.35. The molecule has 3 N–H and O–H groups in total. The number of nitrogens with zero attached hydrogens (tertiary/aromatic N) is 1. The molecule has 0 fully saturated rings. The highest BCUT2D eigenvalue weighted by molar-refractivity contribution is 7.80. The van der Waals surface area contributed by atoms with Crippen molar-refractivity contribution in [2.45, 2.75) is 6.92 Å². The van der Waals surface area contributed by atoms with Gasteiger partial charge in [-0.3, -0.25) is 10.1 Å². The van der Waals surface area contributed by atoms with Crippen molar-refractivity contribution < 1.29 is 4.79 Å². The molecular weight excluding hydrogens is 216 g/mol. The quantitative estimate of drug-likeness (QED) is 0.555. The number of hydrogen-bond donors (Lipinski definition) is 4. The van der Waals surface area contributed by atoms with E-state index in [1.54, 1.807) is 6.92 Å². The van der Waals surface area contributed by atoms with Gasteiger partial charge in [0.05, 0.1) is 0 Å². The number of anilines is 1. The summed E-state index contributed by atoms with van der Waals surface area (Å²) in [4.78, 5) is 28.5. The first-order valence-corrected chi connectivity index (χ1v) is 4.99. The van der Waals surface area contributed by atoms with Gasteiger partial charge in [0.15, 0.2) is 0 Å². The van der Waals surface area contributed by atoms with Crippen LogP contribution in [0.4, 0.5) is 10.7 Å². The van der Waals surface area contributed by atoms with Crippen LogP contribution in [0.1, 0.15) is 5.69 Å². The van der Waals surface area contributed by atoms with Crippen LogP contribution in [0.25, 0.3) is 0 Å². The van der Waals surface area contributed by atoms with Gasteiger partial charge in [0.2, 0.25) is 5.95 Å². The minimum atomic E-state index is -0.419. The summed E-state index contributed by atoms with van der Waals surface area (Å²) in [6.45, 7) is 2.16. The molecule has 0 aliphatic rings. The van der Waals surface area contributed by atoms with Gasteiger partial charge < -0.3 is 10.3 Å². The third kappa shape index (κ3) is 4.03. The Bertz CT molecular complexity index is 404. The smallest absolute Gasteiger partial charge is 0.321 e. The lowest BCUT2D eigenvalue weighted by Crippen LogP contribution is -2.31. The molecule has 0 bridgehead atoms. The fourth-order valence-electron chi connectivity index (χ4n) is 0.959. The van der Waals surface area contributed by atoms with Gasteiger partial charge in [0, 0.05) is 24.1 Å². The van der Waals surface area contributed by atoms with E-state index in [2.05, 4.69) is 33.2 Å². The molecule has 0 unspecified atom stereocenters. The molecule has 1 heterocycles. The molecule has 0 radical (unpaired) electrons. The van der Waals surface area contributed by atoms with Crippen LogP contribution >= 0.6 is 12.6 Å². The average Bonchev–Trinajstić information content (AvgIpc) is 2.13. The summed E-state index contributed by atoms with van der Waals surface area (Å²) in [6.07, 6.45) is 0. The van der Waals surface area contributed by atoms with Crippen molar-refractivity contribution in [1.29, 1.82) is 0 Å². The number of H-pyrrole nitrogens is 1. The van der Waals surface area contributed by atoms with E-state index >= 15 is 0 Å². The molecular formula is C8H12N4O2S. The molecule has 0 atom stereocenters. The Morgan fingerprint density at radius 2 is 2.40 bits per heavy atom. The third-order valence-electron chi connectivity index (χ3n) is 1.51. The number of aromatic nitrogens is 2. The van der Waals surface area contributed by atoms with Crippen molar-refractivity contribution in [2.24, 2.45) is 0 Å². The summed E-state index contributed by atoms with van der Waals surface area (Å²) >= 11 is 3.94. The van der Waals surface area contributed by atoms with Crippen LogP contribution in [-0.2, 0) is 0 Å². The summed E-state index contributed by atoms with van der Waals surface area (Å²) in [6, 6.07) is 0.925. The van der Waals surface area contributed by atoms with Crippen LogP contribution in [-0.4, -0.2) is 28.3 Å². The number of amides is 2. The summed E-state index contributed by atoms with van der Waals surface area (Å²) in [7, 11) is 0. The molecule has 2 amide bonds. The molecule has 7 heteroatoms. The van der Waals surface area contributed by atoms with Gasteiger partial charge in [0.25, 0.3) is 5.56 Å². The third-order valence-corrected chi connectivity index (χ3v) is 1.73. The Morgan fingerprint density at radius 1 is 1.67 bits per heavy atom. The molecule has 0 saturated heterocycles. The van der Waals surface area contributed by atoms with E-state index in [4.69, 9.17) is 0 Å². The number of aryl methyl sites for hydroxylation is 1. The number of hydrogen-bond acceptors (Lipinski definition) is 4. The molecule has 0 aliphatic heterocycles. The van der Waals surface area contributed by atoms with Crippen molar-refractivity contribution in [1.82, 2.24) is 15.3 Å².